The van der Waals surface area contributed by atoms with Crippen molar-refractivity contribution in [2.75, 3.05) is 39.8 Å². The lowest BCUT2D eigenvalue weighted by Crippen LogP contribution is -2.41. The van der Waals surface area contributed by atoms with Gasteiger partial charge in [-0.3, -0.25) is 9.59 Å². The highest BCUT2D eigenvalue weighted by molar-refractivity contribution is 5.89. The van der Waals surface area contributed by atoms with Gasteiger partial charge in [0.05, 0.1) is 11.6 Å². The SMILES string of the molecule is CCN1C[C@@H](C(=O)N2CCc3nc(C4CCN(C)CC4)ncc3C2)CC1=O. The minimum Gasteiger partial charge on any atom is -0.342 e. The van der Waals surface area contributed by atoms with Crippen LogP contribution < -0.4 is 0 Å². The summed E-state index contributed by atoms with van der Waals surface area (Å²) in [6.45, 7) is 6.65. The number of aromatic nitrogens is 2. The number of amides is 2. The van der Waals surface area contributed by atoms with E-state index in [0.717, 1.165) is 49.4 Å². The van der Waals surface area contributed by atoms with Crippen LogP contribution in [0.4, 0.5) is 0 Å². The number of fused-ring (bicyclic) bond motifs is 1. The zero-order valence-corrected chi connectivity index (χ0v) is 16.4. The number of hydrogen-bond donors (Lipinski definition) is 0. The molecule has 0 aliphatic carbocycles. The molecule has 2 fully saturated rings. The molecule has 0 radical (unpaired) electrons. The van der Waals surface area contributed by atoms with Gasteiger partial charge in [0.1, 0.15) is 5.82 Å². The van der Waals surface area contributed by atoms with Gasteiger partial charge in [-0.2, -0.15) is 0 Å². The predicted octanol–water partition coefficient (Wildman–Crippen LogP) is 1.04. The Kier molecular flexibility index (Phi) is 5.12. The van der Waals surface area contributed by atoms with Crippen LogP contribution in [0.5, 0.6) is 0 Å². The van der Waals surface area contributed by atoms with Crippen molar-refractivity contribution in [1.29, 1.82) is 0 Å². The van der Waals surface area contributed by atoms with E-state index in [1.165, 1.54) is 0 Å². The Hall–Kier alpha value is -2.02. The third kappa shape index (κ3) is 3.70. The first-order valence-corrected chi connectivity index (χ1v) is 10.1. The molecule has 7 nitrogen and oxygen atoms in total. The largest absolute Gasteiger partial charge is 0.342 e. The summed E-state index contributed by atoms with van der Waals surface area (Å²) in [5.41, 5.74) is 2.16. The second-order valence-corrected chi connectivity index (χ2v) is 8.12. The molecule has 0 unspecified atom stereocenters. The van der Waals surface area contributed by atoms with E-state index in [0.29, 0.717) is 38.5 Å². The Morgan fingerprint density at radius 2 is 2.04 bits per heavy atom. The molecule has 0 spiro atoms. The fraction of sp³-hybridized carbons (Fsp3) is 0.700. The van der Waals surface area contributed by atoms with E-state index in [2.05, 4.69) is 16.9 Å². The van der Waals surface area contributed by atoms with E-state index in [1.54, 1.807) is 4.90 Å². The lowest BCUT2D eigenvalue weighted by molar-refractivity contribution is -0.136. The lowest BCUT2D eigenvalue weighted by atomic mass is 9.95. The normalized spacial score (nSPS) is 24.4. The zero-order chi connectivity index (χ0) is 19.0. The molecule has 1 aromatic heterocycles. The van der Waals surface area contributed by atoms with Crippen LogP contribution in [-0.4, -0.2) is 76.3 Å². The summed E-state index contributed by atoms with van der Waals surface area (Å²) < 4.78 is 0. The third-order valence-corrected chi connectivity index (χ3v) is 6.29. The quantitative estimate of drug-likeness (QED) is 0.794. The van der Waals surface area contributed by atoms with Crippen LogP contribution >= 0.6 is 0 Å². The molecular formula is C20H29N5O2. The smallest absolute Gasteiger partial charge is 0.228 e. The molecule has 3 aliphatic heterocycles. The van der Waals surface area contributed by atoms with Gasteiger partial charge in [0.2, 0.25) is 11.8 Å². The first-order chi connectivity index (χ1) is 13.0. The molecule has 4 rings (SSSR count). The van der Waals surface area contributed by atoms with Crippen molar-refractivity contribution in [3.8, 4) is 0 Å². The topological polar surface area (TPSA) is 69.6 Å². The molecule has 2 saturated heterocycles. The van der Waals surface area contributed by atoms with Crippen molar-refractivity contribution in [3.05, 3.63) is 23.3 Å². The highest BCUT2D eigenvalue weighted by Crippen LogP contribution is 2.28. The van der Waals surface area contributed by atoms with Crippen LogP contribution in [0.25, 0.3) is 0 Å². The molecular weight excluding hydrogens is 342 g/mol. The summed E-state index contributed by atoms with van der Waals surface area (Å²) >= 11 is 0. The second kappa shape index (κ2) is 7.54. The van der Waals surface area contributed by atoms with Crippen molar-refractivity contribution < 1.29 is 9.59 Å². The standard InChI is InChI=1S/C20H29N5O2/c1-3-24-12-15(10-18(24)26)20(27)25-9-6-17-16(13-25)11-21-19(22-17)14-4-7-23(2)8-5-14/h11,14-15H,3-10,12-13H2,1-2H3/t15-/m0/s1. The number of nitrogens with zero attached hydrogens (tertiary/aromatic N) is 5. The number of likely N-dealkylation sites (tertiary alicyclic amines) is 2. The summed E-state index contributed by atoms with van der Waals surface area (Å²) in [5, 5.41) is 0. The van der Waals surface area contributed by atoms with Gasteiger partial charge in [0.25, 0.3) is 0 Å². The predicted molar refractivity (Wildman–Crippen MR) is 101 cm³/mol. The molecule has 0 aromatic carbocycles. The van der Waals surface area contributed by atoms with Crippen molar-refractivity contribution in [1.82, 2.24) is 24.7 Å². The number of piperidine rings is 1. The van der Waals surface area contributed by atoms with Gasteiger partial charge in [0, 0.05) is 56.7 Å². The maximum atomic E-state index is 12.9. The molecule has 0 bridgehead atoms. The Morgan fingerprint density at radius 1 is 1.26 bits per heavy atom. The van der Waals surface area contributed by atoms with E-state index in [-0.39, 0.29) is 17.7 Å². The number of hydrogen-bond acceptors (Lipinski definition) is 5. The van der Waals surface area contributed by atoms with E-state index in [9.17, 15) is 9.59 Å². The van der Waals surface area contributed by atoms with Crippen molar-refractivity contribution in [2.24, 2.45) is 5.92 Å². The fourth-order valence-corrected chi connectivity index (χ4v) is 4.48. The Bertz CT molecular complexity index is 729. The molecule has 7 heteroatoms. The van der Waals surface area contributed by atoms with Gasteiger partial charge in [-0.05, 0) is 39.9 Å². The molecule has 4 heterocycles. The van der Waals surface area contributed by atoms with Gasteiger partial charge < -0.3 is 14.7 Å². The van der Waals surface area contributed by atoms with Gasteiger partial charge >= 0.3 is 0 Å². The van der Waals surface area contributed by atoms with E-state index < -0.39 is 0 Å². The van der Waals surface area contributed by atoms with E-state index in [4.69, 9.17) is 4.98 Å². The van der Waals surface area contributed by atoms with Gasteiger partial charge in [-0.1, -0.05) is 0 Å². The summed E-state index contributed by atoms with van der Waals surface area (Å²) in [5.74, 6) is 1.43. The number of rotatable bonds is 3. The van der Waals surface area contributed by atoms with Crippen LogP contribution in [0.15, 0.2) is 6.20 Å². The molecule has 0 saturated carbocycles. The number of carbonyl (C=O) groups is 2. The van der Waals surface area contributed by atoms with Crippen LogP contribution in [0.1, 0.15) is 49.2 Å². The van der Waals surface area contributed by atoms with Gasteiger partial charge in [0.15, 0.2) is 0 Å². The third-order valence-electron chi connectivity index (χ3n) is 6.29. The monoisotopic (exact) mass is 371 g/mol. The zero-order valence-electron chi connectivity index (χ0n) is 16.4. The lowest BCUT2D eigenvalue weighted by Gasteiger charge is -2.31. The summed E-state index contributed by atoms with van der Waals surface area (Å²) in [6.07, 6.45) is 5.28. The number of carbonyl (C=O) groups excluding carboxylic acids is 2. The van der Waals surface area contributed by atoms with Crippen LogP contribution in [0.2, 0.25) is 0 Å². The maximum absolute atomic E-state index is 12.9. The fourth-order valence-electron chi connectivity index (χ4n) is 4.48. The van der Waals surface area contributed by atoms with Crippen molar-refractivity contribution in [3.63, 3.8) is 0 Å². The van der Waals surface area contributed by atoms with Crippen LogP contribution in [0.3, 0.4) is 0 Å². The summed E-state index contributed by atoms with van der Waals surface area (Å²) in [4.78, 5) is 40.3. The molecule has 0 N–H and O–H groups in total. The minimum absolute atomic E-state index is 0.0966. The highest BCUT2D eigenvalue weighted by atomic mass is 16.2. The second-order valence-electron chi connectivity index (χ2n) is 8.12. The summed E-state index contributed by atoms with van der Waals surface area (Å²) in [6, 6.07) is 0. The molecule has 3 aliphatic rings. The molecule has 27 heavy (non-hydrogen) atoms. The van der Waals surface area contributed by atoms with Crippen LogP contribution in [-0.2, 0) is 22.6 Å². The average Bonchev–Trinajstić information content (AvgIpc) is 3.08. The van der Waals surface area contributed by atoms with Crippen molar-refractivity contribution in [2.45, 2.75) is 45.1 Å². The van der Waals surface area contributed by atoms with Gasteiger partial charge in [-0.25, -0.2) is 9.97 Å². The molecule has 146 valence electrons. The van der Waals surface area contributed by atoms with E-state index >= 15 is 0 Å². The maximum Gasteiger partial charge on any atom is 0.228 e. The van der Waals surface area contributed by atoms with Crippen molar-refractivity contribution >= 4 is 11.8 Å². The van der Waals surface area contributed by atoms with Crippen LogP contribution in [0, 0.1) is 5.92 Å². The highest BCUT2D eigenvalue weighted by Gasteiger charge is 2.37. The molecule has 2 amide bonds. The minimum atomic E-state index is -0.196. The Labute approximate surface area is 160 Å². The van der Waals surface area contributed by atoms with E-state index in [1.807, 2.05) is 18.0 Å². The first-order valence-electron chi connectivity index (χ1n) is 10.1. The van der Waals surface area contributed by atoms with Gasteiger partial charge in [-0.15, -0.1) is 0 Å². The Morgan fingerprint density at radius 3 is 2.74 bits per heavy atom. The first kappa shape index (κ1) is 18.3. The molecule has 1 atom stereocenters. The molecule has 1 aromatic rings. The summed E-state index contributed by atoms with van der Waals surface area (Å²) in [7, 11) is 2.16. The Balaban J connectivity index is 1.42. The average molecular weight is 371 g/mol.